The second-order valence-corrected chi connectivity index (χ2v) is 4.30. The Balaban J connectivity index is 2.67. The molecule has 2 N–H and O–H groups in total. The van der Waals surface area contributed by atoms with Crippen molar-refractivity contribution in [2.45, 2.75) is 4.34 Å². The fraction of sp³-hybridized carbons (Fsp3) is 0. The Bertz CT molecular complexity index is 478. The third kappa shape index (κ3) is 1.52. The van der Waals surface area contributed by atoms with Crippen LogP contribution in [-0.2, 0) is 0 Å². The van der Waals surface area contributed by atoms with Crippen molar-refractivity contribution < 1.29 is 4.79 Å². The molecule has 0 aliphatic rings. The third-order valence-electron chi connectivity index (χ3n) is 1.66. The lowest BCUT2D eigenvalue weighted by molar-refractivity contribution is 0.100. The zero-order valence-corrected chi connectivity index (χ0v) is 8.23. The molecule has 1 aromatic carbocycles. The summed E-state index contributed by atoms with van der Waals surface area (Å²) in [5.41, 5.74) is 6.49. The Morgan fingerprint density at radius 2 is 2.31 bits per heavy atom. The number of hydrogen-bond acceptors (Lipinski definition) is 4. The number of amides is 1. The standard InChI is InChI=1S/C8H6N2OS2/c9-7(11)4-1-2-5-6(3-4)13-8(12)10-5/h1-3H,(H2,9,11)(H,10,12). The zero-order valence-electron chi connectivity index (χ0n) is 6.52. The van der Waals surface area contributed by atoms with E-state index in [2.05, 4.69) is 17.6 Å². The molecule has 0 aliphatic carbocycles. The van der Waals surface area contributed by atoms with Gasteiger partial charge in [0.1, 0.15) is 4.34 Å². The number of fused-ring (bicyclic) bond motifs is 1. The number of benzene rings is 1. The average Bonchev–Trinajstić information content (AvgIpc) is 2.42. The Morgan fingerprint density at radius 1 is 1.54 bits per heavy atom. The van der Waals surface area contributed by atoms with Crippen LogP contribution in [0.15, 0.2) is 22.5 Å². The highest BCUT2D eigenvalue weighted by Gasteiger charge is 2.04. The predicted octanol–water partition coefficient (Wildman–Crippen LogP) is 1.68. The quantitative estimate of drug-likeness (QED) is 0.704. The first-order valence-corrected chi connectivity index (χ1v) is 4.82. The van der Waals surface area contributed by atoms with Crippen LogP contribution in [0.4, 0.5) is 0 Å². The van der Waals surface area contributed by atoms with E-state index in [1.807, 2.05) is 0 Å². The van der Waals surface area contributed by atoms with E-state index < -0.39 is 5.91 Å². The van der Waals surface area contributed by atoms with Crippen molar-refractivity contribution in [1.29, 1.82) is 0 Å². The van der Waals surface area contributed by atoms with Gasteiger partial charge in [0.15, 0.2) is 0 Å². The minimum atomic E-state index is -0.420. The van der Waals surface area contributed by atoms with Crippen molar-refractivity contribution in [2.24, 2.45) is 5.73 Å². The molecule has 0 radical (unpaired) electrons. The summed E-state index contributed by atoms with van der Waals surface area (Å²) in [6, 6.07) is 5.16. The molecule has 1 amide bonds. The summed E-state index contributed by atoms with van der Waals surface area (Å²) in [6.07, 6.45) is 0. The third-order valence-corrected chi connectivity index (χ3v) is 2.86. The van der Waals surface area contributed by atoms with E-state index >= 15 is 0 Å². The molecule has 66 valence electrons. The van der Waals surface area contributed by atoms with Gasteiger partial charge >= 0.3 is 0 Å². The van der Waals surface area contributed by atoms with Gasteiger partial charge in [0.2, 0.25) is 5.91 Å². The van der Waals surface area contributed by atoms with Gasteiger partial charge in [-0.3, -0.25) is 4.79 Å². The summed E-state index contributed by atoms with van der Waals surface area (Å²) in [5, 5.41) is 0. The summed E-state index contributed by atoms with van der Waals surface area (Å²) in [4.78, 5) is 15.0. The first-order valence-electron chi connectivity index (χ1n) is 3.56. The number of rotatable bonds is 1. The van der Waals surface area contributed by atoms with Crippen molar-refractivity contribution in [1.82, 2.24) is 4.98 Å². The van der Waals surface area contributed by atoms with Gasteiger partial charge in [-0.05, 0) is 18.2 Å². The molecule has 2 rings (SSSR count). The molecule has 0 aliphatic heterocycles. The Morgan fingerprint density at radius 3 is 3.00 bits per heavy atom. The van der Waals surface area contributed by atoms with Gasteiger partial charge in [-0.25, -0.2) is 4.98 Å². The largest absolute Gasteiger partial charge is 0.366 e. The minimum Gasteiger partial charge on any atom is -0.366 e. The van der Waals surface area contributed by atoms with Crippen LogP contribution >= 0.6 is 24.0 Å². The number of thiazole rings is 1. The van der Waals surface area contributed by atoms with Crippen molar-refractivity contribution in [3.8, 4) is 0 Å². The fourth-order valence-electron chi connectivity index (χ4n) is 1.07. The van der Waals surface area contributed by atoms with Crippen LogP contribution in [0.2, 0.25) is 0 Å². The zero-order chi connectivity index (χ0) is 9.42. The minimum absolute atomic E-state index is 0.420. The number of aromatic nitrogens is 1. The smallest absolute Gasteiger partial charge is 0.248 e. The van der Waals surface area contributed by atoms with E-state index in [1.54, 1.807) is 18.2 Å². The second-order valence-electron chi connectivity index (χ2n) is 2.54. The lowest BCUT2D eigenvalue weighted by Crippen LogP contribution is -2.10. The normalized spacial score (nSPS) is 10.5. The van der Waals surface area contributed by atoms with Crippen LogP contribution in [-0.4, -0.2) is 10.9 Å². The molecule has 0 saturated heterocycles. The summed E-state index contributed by atoms with van der Waals surface area (Å²) in [6.45, 7) is 0. The molecular formula is C8H6N2OS2. The van der Waals surface area contributed by atoms with Crippen LogP contribution in [0.5, 0.6) is 0 Å². The van der Waals surface area contributed by atoms with Crippen molar-refractivity contribution in [2.75, 3.05) is 0 Å². The first kappa shape index (κ1) is 8.52. The van der Waals surface area contributed by atoms with Crippen LogP contribution < -0.4 is 5.73 Å². The molecule has 5 heteroatoms. The molecule has 0 spiro atoms. The molecule has 0 saturated carbocycles. The lowest BCUT2D eigenvalue weighted by atomic mass is 10.2. The molecular weight excluding hydrogens is 204 g/mol. The van der Waals surface area contributed by atoms with E-state index in [0.717, 1.165) is 10.2 Å². The molecule has 13 heavy (non-hydrogen) atoms. The van der Waals surface area contributed by atoms with E-state index in [0.29, 0.717) is 9.90 Å². The maximum atomic E-state index is 10.8. The number of carbonyl (C=O) groups is 1. The maximum absolute atomic E-state index is 10.8. The SMILES string of the molecule is NC(=O)c1ccc2nc(S)sc2c1. The maximum Gasteiger partial charge on any atom is 0.248 e. The number of thiol groups is 1. The number of carbonyl (C=O) groups excluding carboxylic acids is 1. The van der Waals surface area contributed by atoms with Gasteiger partial charge in [-0.15, -0.1) is 24.0 Å². The van der Waals surface area contributed by atoms with Crippen LogP contribution in [0.25, 0.3) is 10.2 Å². The number of hydrogen-bond donors (Lipinski definition) is 2. The molecule has 2 aromatic rings. The highest BCUT2D eigenvalue weighted by molar-refractivity contribution is 7.82. The fourth-order valence-corrected chi connectivity index (χ4v) is 2.21. The molecule has 1 heterocycles. The van der Waals surface area contributed by atoms with Crippen LogP contribution in [0.1, 0.15) is 10.4 Å². The van der Waals surface area contributed by atoms with Gasteiger partial charge in [-0.2, -0.15) is 0 Å². The molecule has 3 nitrogen and oxygen atoms in total. The predicted molar refractivity (Wildman–Crippen MR) is 55.4 cm³/mol. The van der Waals surface area contributed by atoms with Gasteiger partial charge in [0.25, 0.3) is 0 Å². The molecule has 0 fully saturated rings. The van der Waals surface area contributed by atoms with Crippen molar-refractivity contribution in [3.63, 3.8) is 0 Å². The number of nitrogens with zero attached hydrogens (tertiary/aromatic N) is 1. The summed E-state index contributed by atoms with van der Waals surface area (Å²) < 4.78 is 1.62. The molecule has 0 unspecified atom stereocenters. The molecule has 0 atom stereocenters. The highest BCUT2D eigenvalue weighted by Crippen LogP contribution is 2.24. The topological polar surface area (TPSA) is 56.0 Å². The Kier molecular flexibility index (Phi) is 1.97. The summed E-state index contributed by atoms with van der Waals surface area (Å²) in [5.74, 6) is -0.420. The van der Waals surface area contributed by atoms with E-state index in [-0.39, 0.29) is 0 Å². The Labute approximate surface area is 84.0 Å². The van der Waals surface area contributed by atoms with Gasteiger partial charge < -0.3 is 5.73 Å². The van der Waals surface area contributed by atoms with Crippen LogP contribution in [0, 0.1) is 0 Å². The molecule has 1 aromatic heterocycles. The van der Waals surface area contributed by atoms with E-state index in [9.17, 15) is 4.79 Å². The van der Waals surface area contributed by atoms with E-state index in [1.165, 1.54) is 11.3 Å². The first-order chi connectivity index (χ1) is 6.16. The van der Waals surface area contributed by atoms with Gasteiger partial charge in [0, 0.05) is 5.56 Å². The second kappa shape index (κ2) is 3.01. The summed E-state index contributed by atoms with van der Waals surface area (Å²) in [7, 11) is 0. The Hall–Kier alpha value is -1.07. The van der Waals surface area contributed by atoms with Crippen molar-refractivity contribution >= 4 is 40.1 Å². The van der Waals surface area contributed by atoms with Crippen LogP contribution in [0.3, 0.4) is 0 Å². The molecule has 0 bridgehead atoms. The monoisotopic (exact) mass is 210 g/mol. The average molecular weight is 210 g/mol. The van der Waals surface area contributed by atoms with E-state index in [4.69, 9.17) is 5.73 Å². The van der Waals surface area contributed by atoms with Gasteiger partial charge in [0.05, 0.1) is 10.2 Å². The summed E-state index contributed by atoms with van der Waals surface area (Å²) >= 11 is 5.55. The van der Waals surface area contributed by atoms with Crippen molar-refractivity contribution in [3.05, 3.63) is 23.8 Å². The lowest BCUT2D eigenvalue weighted by Gasteiger charge is -1.92. The highest BCUT2D eigenvalue weighted by atomic mass is 32.2. The number of nitrogens with two attached hydrogens (primary N) is 1. The van der Waals surface area contributed by atoms with Gasteiger partial charge in [-0.1, -0.05) is 0 Å². The number of primary amides is 1.